The third-order valence-electron chi connectivity index (χ3n) is 5.09. The van der Waals surface area contributed by atoms with Crippen molar-refractivity contribution in [1.29, 1.82) is 0 Å². The molecule has 0 unspecified atom stereocenters. The molecule has 18 heteroatoms. The molecule has 268 valence electrons. The number of quaternary nitrogens is 2. The van der Waals surface area contributed by atoms with E-state index in [0.717, 1.165) is 57.7 Å². The number of hydrogen-bond donors (Lipinski definition) is 4. The Bertz CT molecular complexity index is 941. The number of benzene rings is 1. The van der Waals surface area contributed by atoms with Gasteiger partial charge < -0.3 is 52.7 Å². The summed E-state index contributed by atoms with van der Waals surface area (Å²) in [7, 11) is 8.70. The molecule has 47 heavy (non-hydrogen) atoms. The molecule has 0 atom stereocenters. The second-order valence-corrected chi connectivity index (χ2v) is 10.3. The Hall–Kier alpha value is -1.65. The van der Waals surface area contributed by atoms with Crippen LogP contribution in [0.1, 0.15) is 42.4 Å². The summed E-state index contributed by atoms with van der Waals surface area (Å²) in [5.74, 6) is 0.0109. The Labute approximate surface area is 323 Å². The van der Waals surface area contributed by atoms with Gasteiger partial charge in [-0.15, -0.1) is 0 Å². The Kier molecular flexibility index (Phi) is 66.1. The third kappa shape index (κ3) is 54.1. The average Bonchev–Trinajstić information content (AvgIpc) is 2.94. The van der Waals surface area contributed by atoms with Crippen LogP contribution in [0.5, 0.6) is 5.75 Å². The van der Waals surface area contributed by atoms with Gasteiger partial charge in [-0.25, -0.2) is 0 Å². The maximum Gasteiger partial charge on any atom is 3.00 e. The SMILES string of the molecule is Cc1cc(C=NCCCNCCC[NH+](C)C)c([O-])c(C=NCCCNCCC[NH+](C)C)c1.[N-]=C=S.[N-]=C=S.[N-]=C=S.[N-]=C=S.[Ni+3].[Ni+3].[OH-]. The summed E-state index contributed by atoms with van der Waals surface area (Å²) in [5, 5.41) is 53.5. The van der Waals surface area contributed by atoms with E-state index in [1.54, 1.807) is 12.4 Å². The molecule has 0 bridgehead atoms. The van der Waals surface area contributed by atoms with E-state index >= 15 is 0 Å². The molecule has 0 spiro atoms. The molecule has 1 aromatic rings. The van der Waals surface area contributed by atoms with Gasteiger partial charge in [0.05, 0.1) is 41.3 Å². The molecular formula is C29H48N10Ni2O2S4+2. The van der Waals surface area contributed by atoms with E-state index < -0.39 is 0 Å². The van der Waals surface area contributed by atoms with Crippen molar-refractivity contribution < 1.29 is 53.4 Å². The van der Waals surface area contributed by atoms with Gasteiger partial charge in [-0.05, 0) is 49.5 Å². The maximum atomic E-state index is 12.7. The first kappa shape index (κ1) is 60.6. The molecule has 0 aliphatic rings. The zero-order valence-corrected chi connectivity index (χ0v) is 32.8. The number of thiocarbonyl (C=S) groups is 4. The third-order valence-corrected chi connectivity index (χ3v) is 5.09. The van der Waals surface area contributed by atoms with E-state index in [4.69, 9.17) is 21.6 Å². The number of aryl methyl sites for hydroxylation is 1. The van der Waals surface area contributed by atoms with Gasteiger partial charge >= 0.3 is 33.0 Å². The molecule has 0 saturated heterocycles. The smallest absolute Gasteiger partial charge is 0.872 e. The number of rotatable bonds is 18. The van der Waals surface area contributed by atoms with E-state index in [1.807, 2.05) is 19.1 Å². The Morgan fingerprint density at radius 2 is 0.957 bits per heavy atom. The molecule has 1 rings (SSSR count). The largest absolute Gasteiger partial charge is 3.00 e. The Balaban J connectivity index is -0.000000185. The summed E-state index contributed by atoms with van der Waals surface area (Å²) in [6, 6.07) is 3.81. The zero-order chi connectivity index (χ0) is 34.4. The van der Waals surface area contributed by atoms with Crippen LogP contribution in [-0.2, 0) is 33.0 Å². The van der Waals surface area contributed by atoms with Crippen molar-refractivity contribution in [2.45, 2.75) is 32.6 Å². The summed E-state index contributed by atoms with van der Waals surface area (Å²) >= 11 is 14.8. The minimum absolute atomic E-state index is 0. The van der Waals surface area contributed by atoms with Gasteiger partial charge in [0.25, 0.3) is 0 Å². The summed E-state index contributed by atoms with van der Waals surface area (Å²) in [6.45, 7) is 9.85. The predicted octanol–water partition coefficient (Wildman–Crippen LogP) is 1.39. The van der Waals surface area contributed by atoms with Gasteiger partial charge in [-0.3, -0.25) is 9.98 Å². The topological polar surface area (TPSA) is 200 Å². The zero-order valence-electron chi connectivity index (χ0n) is 27.6. The minimum atomic E-state index is 0. The van der Waals surface area contributed by atoms with E-state index in [9.17, 15) is 5.11 Å². The quantitative estimate of drug-likeness (QED) is 0.0738. The summed E-state index contributed by atoms with van der Waals surface area (Å²) in [4.78, 5) is 11.9. The van der Waals surface area contributed by atoms with Crippen LogP contribution in [0, 0.1) is 6.92 Å². The number of hydrogen-bond acceptors (Lipinski definition) is 10. The van der Waals surface area contributed by atoms with Crippen LogP contribution in [0.25, 0.3) is 21.6 Å². The van der Waals surface area contributed by atoms with Crippen LogP contribution in [-0.4, -0.2) is 119 Å². The average molecular weight is 814 g/mol. The first-order valence-corrected chi connectivity index (χ1v) is 15.6. The van der Waals surface area contributed by atoms with E-state index in [-0.39, 0.29) is 44.2 Å². The van der Waals surface area contributed by atoms with Crippen molar-refractivity contribution in [3.8, 4) is 5.75 Å². The standard InChI is InChI=1S/C25H46N6O.4CNS.2Ni.H2O/c1-22-18-23(20-28-12-6-10-26-14-8-16-30(2)3)25(32)24(19-22)21-29-13-7-11-27-15-9-17-31(4)5;4*2-1-3;;;/h18-21,26-27,32H,6-17H2,1-5H3;;;;;;;1H2/q;4*-1;2*+3;. The molecule has 0 aliphatic heterocycles. The number of isothiocyanates is 4. The molecule has 5 N–H and O–H groups in total. The summed E-state index contributed by atoms with van der Waals surface area (Å²) < 4.78 is 0. The van der Waals surface area contributed by atoms with Gasteiger partial charge in [-0.2, -0.15) is 20.6 Å². The van der Waals surface area contributed by atoms with Gasteiger partial charge in [0.1, 0.15) is 0 Å². The van der Waals surface area contributed by atoms with Crippen LogP contribution in [0.3, 0.4) is 0 Å². The van der Waals surface area contributed by atoms with Gasteiger partial charge in [0.2, 0.25) is 0 Å². The van der Waals surface area contributed by atoms with Crippen molar-refractivity contribution in [2.75, 3.05) is 80.5 Å². The molecule has 0 aromatic heterocycles. The molecule has 0 amide bonds. The van der Waals surface area contributed by atoms with Gasteiger partial charge in [0.15, 0.2) is 0 Å². The van der Waals surface area contributed by atoms with Crippen molar-refractivity contribution >= 4 is 81.9 Å². The fourth-order valence-corrected chi connectivity index (χ4v) is 3.32. The van der Waals surface area contributed by atoms with Crippen molar-refractivity contribution in [3.05, 3.63) is 50.5 Å². The van der Waals surface area contributed by atoms with Crippen LogP contribution in [0.4, 0.5) is 0 Å². The summed E-state index contributed by atoms with van der Waals surface area (Å²) in [6.07, 6.45) is 7.77. The summed E-state index contributed by atoms with van der Waals surface area (Å²) in [5.41, 5.74) is 2.36. The van der Waals surface area contributed by atoms with E-state index in [1.165, 1.54) is 56.4 Å². The Morgan fingerprint density at radius 1 is 0.681 bits per heavy atom. The van der Waals surface area contributed by atoms with E-state index in [0.29, 0.717) is 11.1 Å². The number of nitrogens with zero attached hydrogens (tertiary/aromatic N) is 6. The second-order valence-electron chi connectivity index (χ2n) is 9.54. The van der Waals surface area contributed by atoms with Crippen molar-refractivity contribution in [3.63, 3.8) is 0 Å². The van der Waals surface area contributed by atoms with Gasteiger partial charge in [-0.1, -0.05) is 66.8 Å². The fourth-order valence-electron chi connectivity index (χ4n) is 3.32. The fraction of sp³-hybridized carbons (Fsp3) is 0.586. The van der Waals surface area contributed by atoms with Gasteiger partial charge in [0, 0.05) is 51.4 Å². The molecule has 0 heterocycles. The van der Waals surface area contributed by atoms with Crippen LogP contribution < -0.4 is 25.5 Å². The van der Waals surface area contributed by atoms with Crippen LogP contribution in [0.15, 0.2) is 22.1 Å². The molecule has 12 nitrogen and oxygen atoms in total. The second kappa shape index (κ2) is 51.2. The molecule has 2 radical (unpaired) electrons. The number of nitrogens with one attached hydrogen (secondary N) is 4. The molecule has 0 aliphatic carbocycles. The van der Waals surface area contributed by atoms with Crippen LogP contribution >= 0.6 is 48.9 Å². The molecule has 0 fully saturated rings. The molecular weight excluding hydrogens is 766 g/mol. The maximum absolute atomic E-state index is 12.7. The first-order valence-electron chi connectivity index (χ1n) is 13.9. The van der Waals surface area contributed by atoms with Crippen molar-refractivity contribution in [1.82, 2.24) is 10.6 Å². The minimum Gasteiger partial charge on any atom is -0.872 e. The number of aliphatic imine (C=N–C) groups is 2. The monoisotopic (exact) mass is 812 g/mol. The van der Waals surface area contributed by atoms with Crippen LogP contribution in [0.2, 0.25) is 0 Å². The molecule has 1 aromatic carbocycles. The predicted molar refractivity (Wildman–Crippen MR) is 201 cm³/mol. The van der Waals surface area contributed by atoms with Crippen molar-refractivity contribution in [2.24, 2.45) is 9.98 Å². The Morgan fingerprint density at radius 3 is 1.23 bits per heavy atom. The molecule has 0 saturated carbocycles. The van der Waals surface area contributed by atoms with E-state index in [2.05, 4.69) is 97.7 Å². The normalized spacial score (nSPS) is 9.00. The first-order chi connectivity index (χ1) is 21.1.